The SMILES string of the molecule is CCCCCCCC(=O)OC1=CC=CC1. The van der Waals surface area contributed by atoms with Crippen LogP contribution < -0.4 is 0 Å². The van der Waals surface area contributed by atoms with Crippen molar-refractivity contribution in [3.8, 4) is 0 Å². The van der Waals surface area contributed by atoms with E-state index in [-0.39, 0.29) is 5.97 Å². The van der Waals surface area contributed by atoms with Gasteiger partial charge in [-0.3, -0.25) is 4.79 Å². The highest BCUT2D eigenvalue weighted by Crippen LogP contribution is 2.13. The normalized spacial score (nSPS) is 14.1. The molecule has 0 fully saturated rings. The monoisotopic (exact) mass is 208 g/mol. The van der Waals surface area contributed by atoms with Gasteiger partial charge in [-0.1, -0.05) is 44.8 Å². The zero-order valence-electron chi connectivity index (χ0n) is 9.50. The fourth-order valence-electron chi connectivity index (χ4n) is 1.57. The van der Waals surface area contributed by atoms with Gasteiger partial charge >= 0.3 is 5.97 Å². The highest BCUT2D eigenvalue weighted by Gasteiger charge is 2.07. The maximum absolute atomic E-state index is 11.3. The summed E-state index contributed by atoms with van der Waals surface area (Å²) < 4.78 is 5.18. The first-order valence-corrected chi connectivity index (χ1v) is 5.89. The molecule has 0 saturated carbocycles. The minimum Gasteiger partial charge on any atom is -0.431 e. The first-order valence-electron chi connectivity index (χ1n) is 5.89. The van der Waals surface area contributed by atoms with Gasteiger partial charge in [-0.05, 0) is 12.5 Å². The van der Waals surface area contributed by atoms with E-state index in [4.69, 9.17) is 4.74 Å². The first kappa shape index (κ1) is 12.0. The number of allylic oxidation sites excluding steroid dienone is 3. The third kappa shape index (κ3) is 5.40. The van der Waals surface area contributed by atoms with E-state index in [1.807, 2.05) is 18.2 Å². The standard InChI is InChI=1S/C13H20O2/c1-2-3-4-5-6-11-13(14)15-12-9-7-8-10-12/h7-9H,2-6,10-11H2,1H3. The zero-order valence-corrected chi connectivity index (χ0v) is 9.50. The molecule has 0 bridgehead atoms. The predicted octanol–water partition coefficient (Wildman–Crippen LogP) is 3.73. The van der Waals surface area contributed by atoms with Gasteiger partial charge in [-0.2, -0.15) is 0 Å². The zero-order chi connectivity index (χ0) is 10.9. The van der Waals surface area contributed by atoms with E-state index in [9.17, 15) is 4.79 Å². The lowest BCUT2D eigenvalue weighted by Gasteiger charge is -2.04. The van der Waals surface area contributed by atoms with E-state index in [0.29, 0.717) is 6.42 Å². The van der Waals surface area contributed by atoms with E-state index < -0.39 is 0 Å². The van der Waals surface area contributed by atoms with Crippen molar-refractivity contribution < 1.29 is 9.53 Å². The van der Waals surface area contributed by atoms with Crippen LogP contribution >= 0.6 is 0 Å². The Morgan fingerprint density at radius 1 is 1.33 bits per heavy atom. The Hall–Kier alpha value is -1.05. The van der Waals surface area contributed by atoms with Crippen LogP contribution in [0.4, 0.5) is 0 Å². The molecule has 0 aromatic heterocycles. The molecule has 0 N–H and O–H groups in total. The maximum atomic E-state index is 11.3. The summed E-state index contributed by atoms with van der Waals surface area (Å²) >= 11 is 0. The summed E-state index contributed by atoms with van der Waals surface area (Å²) in [6.07, 6.45) is 12.9. The number of hydrogen-bond acceptors (Lipinski definition) is 2. The Labute approximate surface area is 92.0 Å². The van der Waals surface area contributed by atoms with Crippen molar-refractivity contribution >= 4 is 5.97 Å². The summed E-state index contributed by atoms with van der Waals surface area (Å²) in [5, 5.41) is 0. The van der Waals surface area contributed by atoms with Crippen LogP contribution in [-0.2, 0) is 9.53 Å². The molecule has 1 rings (SSSR count). The Bertz CT molecular complexity index is 251. The number of rotatable bonds is 7. The first-order chi connectivity index (χ1) is 7.33. The molecule has 0 radical (unpaired) electrons. The summed E-state index contributed by atoms with van der Waals surface area (Å²) in [5.74, 6) is 0.704. The van der Waals surface area contributed by atoms with E-state index in [1.54, 1.807) is 0 Å². The molecule has 0 aromatic carbocycles. The highest BCUT2D eigenvalue weighted by atomic mass is 16.5. The molecule has 0 heterocycles. The van der Waals surface area contributed by atoms with E-state index in [0.717, 1.165) is 25.0 Å². The lowest BCUT2D eigenvalue weighted by atomic mass is 10.1. The lowest BCUT2D eigenvalue weighted by molar-refractivity contribution is -0.139. The molecular formula is C13H20O2. The highest BCUT2D eigenvalue weighted by molar-refractivity contribution is 5.70. The molecule has 0 saturated heterocycles. The fourth-order valence-corrected chi connectivity index (χ4v) is 1.57. The number of carbonyl (C=O) groups is 1. The van der Waals surface area contributed by atoms with Gasteiger partial charge in [0.1, 0.15) is 5.76 Å². The van der Waals surface area contributed by atoms with Crippen LogP contribution in [-0.4, -0.2) is 5.97 Å². The van der Waals surface area contributed by atoms with Gasteiger partial charge in [0.25, 0.3) is 0 Å². The van der Waals surface area contributed by atoms with E-state index in [1.165, 1.54) is 19.3 Å². The number of ether oxygens (including phenoxy) is 1. The summed E-state index contributed by atoms with van der Waals surface area (Å²) in [5.41, 5.74) is 0. The van der Waals surface area contributed by atoms with Crippen molar-refractivity contribution in [2.24, 2.45) is 0 Å². The summed E-state index contributed by atoms with van der Waals surface area (Å²) in [6, 6.07) is 0. The third-order valence-corrected chi connectivity index (χ3v) is 2.47. The van der Waals surface area contributed by atoms with Crippen molar-refractivity contribution in [3.63, 3.8) is 0 Å². The Morgan fingerprint density at radius 3 is 2.80 bits per heavy atom. The second kappa shape index (κ2) is 7.27. The van der Waals surface area contributed by atoms with Gasteiger partial charge in [0, 0.05) is 12.8 Å². The number of esters is 1. The second-order valence-electron chi connectivity index (χ2n) is 3.90. The van der Waals surface area contributed by atoms with Crippen molar-refractivity contribution in [2.45, 2.75) is 51.9 Å². The molecular weight excluding hydrogens is 188 g/mol. The maximum Gasteiger partial charge on any atom is 0.310 e. The number of hydrogen-bond donors (Lipinski definition) is 0. The quantitative estimate of drug-likeness (QED) is 0.470. The largest absolute Gasteiger partial charge is 0.431 e. The summed E-state index contributed by atoms with van der Waals surface area (Å²) in [4.78, 5) is 11.3. The van der Waals surface area contributed by atoms with Crippen molar-refractivity contribution in [1.82, 2.24) is 0 Å². The molecule has 0 aliphatic heterocycles. The smallest absolute Gasteiger partial charge is 0.310 e. The average Bonchev–Trinajstić information content (AvgIpc) is 2.70. The third-order valence-electron chi connectivity index (χ3n) is 2.47. The number of unbranched alkanes of at least 4 members (excludes halogenated alkanes) is 4. The molecule has 0 amide bonds. The minimum absolute atomic E-state index is 0.0820. The van der Waals surface area contributed by atoms with E-state index in [2.05, 4.69) is 6.92 Å². The van der Waals surface area contributed by atoms with Crippen LogP contribution in [0.1, 0.15) is 51.9 Å². The molecule has 2 heteroatoms. The number of carbonyl (C=O) groups excluding carboxylic acids is 1. The molecule has 0 spiro atoms. The fraction of sp³-hybridized carbons (Fsp3) is 0.615. The Kier molecular flexibility index (Phi) is 5.83. The van der Waals surface area contributed by atoms with Gasteiger partial charge in [0.2, 0.25) is 0 Å². The lowest BCUT2D eigenvalue weighted by Crippen LogP contribution is -2.03. The van der Waals surface area contributed by atoms with Crippen LogP contribution in [0.5, 0.6) is 0 Å². The van der Waals surface area contributed by atoms with Crippen LogP contribution in [0, 0.1) is 0 Å². The van der Waals surface area contributed by atoms with Crippen molar-refractivity contribution in [2.75, 3.05) is 0 Å². The van der Waals surface area contributed by atoms with Crippen LogP contribution in [0.25, 0.3) is 0 Å². The Morgan fingerprint density at radius 2 is 2.13 bits per heavy atom. The van der Waals surface area contributed by atoms with Crippen LogP contribution in [0.3, 0.4) is 0 Å². The molecule has 0 aromatic rings. The molecule has 84 valence electrons. The van der Waals surface area contributed by atoms with Crippen LogP contribution in [0.2, 0.25) is 0 Å². The van der Waals surface area contributed by atoms with Crippen molar-refractivity contribution in [1.29, 1.82) is 0 Å². The molecule has 2 nitrogen and oxygen atoms in total. The minimum atomic E-state index is -0.0820. The molecule has 15 heavy (non-hydrogen) atoms. The van der Waals surface area contributed by atoms with Gasteiger partial charge in [-0.15, -0.1) is 0 Å². The molecule has 0 atom stereocenters. The second-order valence-corrected chi connectivity index (χ2v) is 3.90. The van der Waals surface area contributed by atoms with Crippen molar-refractivity contribution in [3.05, 3.63) is 24.0 Å². The van der Waals surface area contributed by atoms with Gasteiger partial charge < -0.3 is 4.74 Å². The molecule has 1 aliphatic carbocycles. The Balaban J connectivity index is 1.99. The summed E-state index contributed by atoms with van der Waals surface area (Å²) in [7, 11) is 0. The van der Waals surface area contributed by atoms with Gasteiger partial charge in [0.05, 0.1) is 0 Å². The van der Waals surface area contributed by atoms with Gasteiger partial charge in [0.15, 0.2) is 0 Å². The topological polar surface area (TPSA) is 26.3 Å². The predicted molar refractivity (Wildman–Crippen MR) is 61.3 cm³/mol. The summed E-state index contributed by atoms with van der Waals surface area (Å²) in [6.45, 7) is 2.19. The van der Waals surface area contributed by atoms with Gasteiger partial charge in [-0.25, -0.2) is 0 Å². The van der Waals surface area contributed by atoms with Crippen LogP contribution in [0.15, 0.2) is 24.0 Å². The average molecular weight is 208 g/mol. The van der Waals surface area contributed by atoms with E-state index >= 15 is 0 Å². The molecule has 1 aliphatic rings. The molecule has 0 unspecified atom stereocenters.